The maximum atomic E-state index is 13.2. The molecule has 1 fully saturated rings. The highest BCUT2D eigenvalue weighted by atomic mass is 19.1. The Hall–Kier alpha value is -3.46. The quantitative estimate of drug-likeness (QED) is 0.631. The lowest BCUT2D eigenvalue weighted by atomic mass is 10.2. The first kappa shape index (κ1) is 22.2. The summed E-state index contributed by atoms with van der Waals surface area (Å²) in [6, 6.07) is 14.5. The minimum Gasteiger partial charge on any atom is -0.340 e. The highest BCUT2D eigenvalue weighted by Gasteiger charge is 2.22. The van der Waals surface area contributed by atoms with Crippen LogP contribution < -0.4 is 16.0 Å². The van der Waals surface area contributed by atoms with E-state index in [9.17, 15) is 18.8 Å². The molecule has 0 unspecified atom stereocenters. The fourth-order valence-electron chi connectivity index (χ4n) is 3.26. The zero-order valence-corrected chi connectivity index (χ0v) is 17.1. The number of piperazine rings is 1. The number of amides is 4. The molecule has 3 N–H and O–H groups in total. The maximum Gasteiger partial charge on any atom is 0.319 e. The van der Waals surface area contributed by atoms with Crippen LogP contribution in [0.2, 0.25) is 0 Å². The van der Waals surface area contributed by atoms with Crippen molar-refractivity contribution in [2.45, 2.75) is 6.42 Å². The van der Waals surface area contributed by atoms with Gasteiger partial charge in [-0.15, -0.1) is 0 Å². The van der Waals surface area contributed by atoms with Gasteiger partial charge in [0.05, 0.1) is 6.54 Å². The lowest BCUT2D eigenvalue weighted by molar-refractivity contribution is -0.132. The summed E-state index contributed by atoms with van der Waals surface area (Å²) >= 11 is 0. The topological polar surface area (TPSA) is 93.8 Å². The first-order valence-electron chi connectivity index (χ1n) is 10.1. The average molecular weight is 427 g/mol. The van der Waals surface area contributed by atoms with E-state index in [-0.39, 0.29) is 37.4 Å². The van der Waals surface area contributed by atoms with Crippen molar-refractivity contribution in [3.8, 4) is 0 Å². The van der Waals surface area contributed by atoms with E-state index in [0.717, 1.165) is 0 Å². The fraction of sp³-hybridized carbons (Fsp3) is 0.318. The van der Waals surface area contributed by atoms with Gasteiger partial charge in [-0.3, -0.25) is 14.5 Å². The van der Waals surface area contributed by atoms with Gasteiger partial charge in [-0.05, 0) is 30.3 Å². The van der Waals surface area contributed by atoms with Crippen molar-refractivity contribution in [2.24, 2.45) is 0 Å². The molecule has 1 saturated heterocycles. The maximum absolute atomic E-state index is 13.2. The van der Waals surface area contributed by atoms with E-state index in [2.05, 4.69) is 16.0 Å². The minimum atomic E-state index is -0.406. The van der Waals surface area contributed by atoms with Crippen LogP contribution in [0.4, 0.5) is 20.6 Å². The van der Waals surface area contributed by atoms with Gasteiger partial charge in [0.25, 0.3) is 0 Å². The summed E-state index contributed by atoms with van der Waals surface area (Å²) < 4.78 is 13.2. The van der Waals surface area contributed by atoms with E-state index in [4.69, 9.17) is 0 Å². The van der Waals surface area contributed by atoms with E-state index in [1.807, 2.05) is 23.1 Å². The second kappa shape index (κ2) is 11.1. The number of hydrogen-bond acceptors (Lipinski definition) is 4. The van der Waals surface area contributed by atoms with Gasteiger partial charge in [0.1, 0.15) is 5.82 Å². The summed E-state index contributed by atoms with van der Waals surface area (Å²) in [5.74, 6) is -0.667. The summed E-state index contributed by atoms with van der Waals surface area (Å²) in [5.41, 5.74) is 1.10. The number of nitrogens with one attached hydrogen (secondary N) is 3. The van der Waals surface area contributed by atoms with Gasteiger partial charge in [-0.2, -0.15) is 0 Å². The smallest absolute Gasteiger partial charge is 0.319 e. The fourth-order valence-corrected chi connectivity index (χ4v) is 3.26. The number of carbonyl (C=O) groups is 3. The average Bonchev–Trinajstić information content (AvgIpc) is 2.75. The highest BCUT2D eigenvalue weighted by Crippen LogP contribution is 2.10. The van der Waals surface area contributed by atoms with Crippen molar-refractivity contribution in [2.75, 3.05) is 49.9 Å². The molecule has 1 aliphatic rings. The van der Waals surface area contributed by atoms with E-state index in [0.29, 0.717) is 37.6 Å². The second-order valence-corrected chi connectivity index (χ2v) is 7.21. The molecule has 0 aromatic heterocycles. The monoisotopic (exact) mass is 427 g/mol. The Kier molecular flexibility index (Phi) is 7.94. The van der Waals surface area contributed by atoms with Crippen LogP contribution in [-0.4, -0.2) is 66.9 Å². The van der Waals surface area contributed by atoms with Gasteiger partial charge in [0.15, 0.2) is 0 Å². The number of anilines is 2. The third kappa shape index (κ3) is 7.38. The summed E-state index contributed by atoms with van der Waals surface area (Å²) in [6.07, 6.45) is 0.211. The molecular weight excluding hydrogens is 401 g/mol. The predicted molar refractivity (Wildman–Crippen MR) is 116 cm³/mol. The molecule has 164 valence electrons. The molecule has 2 aromatic carbocycles. The highest BCUT2D eigenvalue weighted by molar-refractivity contribution is 5.92. The van der Waals surface area contributed by atoms with Crippen molar-refractivity contribution < 1.29 is 18.8 Å². The van der Waals surface area contributed by atoms with Crippen molar-refractivity contribution in [3.05, 3.63) is 60.4 Å². The largest absolute Gasteiger partial charge is 0.340 e. The third-order valence-electron chi connectivity index (χ3n) is 4.86. The molecule has 8 nitrogen and oxygen atoms in total. The Morgan fingerprint density at radius 2 is 1.58 bits per heavy atom. The Labute approximate surface area is 180 Å². The summed E-state index contributed by atoms with van der Waals surface area (Å²) in [6.45, 7) is 2.60. The molecule has 0 atom stereocenters. The van der Waals surface area contributed by atoms with Crippen LogP contribution in [0, 0.1) is 5.82 Å². The molecule has 4 amide bonds. The number of urea groups is 1. The Balaban J connectivity index is 1.32. The number of benzene rings is 2. The Morgan fingerprint density at radius 1 is 0.871 bits per heavy atom. The lowest BCUT2D eigenvalue weighted by Crippen LogP contribution is -2.50. The van der Waals surface area contributed by atoms with Crippen LogP contribution in [-0.2, 0) is 9.59 Å². The molecule has 0 bridgehead atoms. The molecule has 2 aromatic rings. The van der Waals surface area contributed by atoms with Crippen LogP contribution in [0.1, 0.15) is 6.42 Å². The first-order chi connectivity index (χ1) is 15.0. The van der Waals surface area contributed by atoms with Crippen molar-refractivity contribution in [1.82, 2.24) is 15.1 Å². The number of rotatable bonds is 7. The molecule has 1 aliphatic heterocycles. The van der Waals surface area contributed by atoms with Crippen LogP contribution in [0.5, 0.6) is 0 Å². The van der Waals surface area contributed by atoms with E-state index < -0.39 is 5.82 Å². The van der Waals surface area contributed by atoms with Gasteiger partial charge in [0, 0.05) is 50.5 Å². The zero-order valence-electron chi connectivity index (χ0n) is 17.1. The molecule has 31 heavy (non-hydrogen) atoms. The molecule has 0 spiro atoms. The lowest BCUT2D eigenvalue weighted by Gasteiger charge is -2.34. The Bertz CT molecular complexity index is 901. The summed E-state index contributed by atoms with van der Waals surface area (Å²) in [7, 11) is 0. The molecule has 0 aliphatic carbocycles. The predicted octanol–water partition coefficient (Wildman–Crippen LogP) is 2.12. The van der Waals surface area contributed by atoms with Gasteiger partial charge < -0.3 is 20.9 Å². The number of hydrogen-bond donors (Lipinski definition) is 3. The van der Waals surface area contributed by atoms with Crippen molar-refractivity contribution in [1.29, 1.82) is 0 Å². The van der Waals surface area contributed by atoms with Gasteiger partial charge in [-0.1, -0.05) is 24.3 Å². The zero-order chi connectivity index (χ0) is 22.1. The van der Waals surface area contributed by atoms with E-state index in [1.54, 1.807) is 23.1 Å². The van der Waals surface area contributed by atoms with E-state index in [1.165, 1.54) is 18.2 Å². The second-order valence-electron chi connectivity index (χ2n) is 7.21. The van der Waals surface area contributed by atoms with Crippen LogP contribution in [0.15, 0.2) is 54.6 Å². The van der Waals surface area contributed by atoms with Crippen molar-refractivity contribution >= 4 is 29.2 Å². The number of carbonyl (C=O) groups excluding carboxylic acids is 3. The molecule has 1 heterocycles. The van der Waals surface area contributed by atoms with Crippen LogP contribution in [0.25, 0.3) is 0 Å². The van der Waals surface area contributed by atoms with Crippen LogP contribution >= 0.6 is 0 Å². The Morgan fingerprint density at radius 3 is 2.29 bits per heavy atom. The van der Waals surface area contributed by atoms with E-state index >= 15 is 0 Å². The minimum absolute atomic E-state index is 0.0381. The molecule has 0 saturated carbocycles. The molecule has 3 rings (SSSR count). The number of halogens is 1. The van der Waals surface area contributed by atoms with Gasteiger partial charge >= 0.3 is 6.03 Å². The molecule has 0 radical (unpaired) electrons. The summed E-state index contributed by atoms with van der Waals surface area (Å²) in [5, 5.41) is 8.05. The van der Waals surface area contributed by atoms with Crippen LogP contribution in [0.3, 0.4) is 0 Å². The van der Waals surface area contributed by atoms with Gasteiger partial charge in [0.2, 0.25) is 11.8 Å². The standard InChI is InChI=1S/C22H26FN5O3/c23-17-5-4-8-19(15-17)25-20(29)16-27-11-13-28(14-12-27)21(30)9-10-24-22(31)26-18-6-2-1-3-7-18/h1-8,15H,9-14,16H2,(H,25,29)(H2,24,26,31). The number of nitrogens with zero attached hydrogens (tertiary/aromatic N) is 2. The van der Waals surface area contributed by atoms with Crippen molar-refractivity contribution in [3.63, 3.8) is 0 Å². The first-order valence-corrected chi connectivity index (χ1v) is 10.1. The number of para-hydroxylation sites is 1. The summed E-state index contributed by atoms with van der Waals surface area (Å²) in [4.78, 5) is 40.0. The SMILES string of the molecule is O=C(CN1CCN(C(=O)CCNC(=O)Nc2ccccc2)CC1)Nc1cccc(F)c1. The normalized spacial score (nSPS) is 14.0. The third-order valence-corrected chi connectivity index (χ3v) is 4.86. The molecular formula is C22H26FN5O3. The molecule has 9 heteroatoms. The van der Waals surface area contributed by atoms with Gasteiger partial charge in [-0.25, -0.2) is 9.18 Å².